The van der Waals surface area contributed by atoms with Crippen molar-refractivity contribution in [3.8, 4) is 5.75 Å². The number of hydrogen-bond acceptors (Lipinski definition) is 6. The number of carboxylic acid groups (broad SMARTS) is 1. The van der Waals surface area contributed by atoms with Crippen molar-refractivity contribution in [3.05, 3.63) is 28.3 Å². The molecule has 0 aliphatic heterocycles. The molecule has 0 bridgehead atoms. The van der Waals surface area contributed by atoms with Crippen LogP contribution in [-0.4, -0.2) is 28.0 Å². The fourth-order valence-electron chi connectivity index (χ4n) is 1.03. The predicted molar refractivity (Wildman–Crippen MR) is 63.0 cm³/mol. The lowest BCUT2D eigenvalue weighted by molar-refractivity contribution is -0.138. The van der Waals surface area contributed by atoms with Crippen molar-refractivity contribution in [3.63, 3.8) is 0 Å². The van der Waals surface area contributed by atoms with Crippen molar-refractivity contribution < 1.29 is 19.4 Å². The second-order valence-electron chi connectivity index (χ2n) is 3.38. The number of carbonyl (C=O) groups is 1. The topological polar surface area (TPSA) is 114 Å². The first-order chi connectivity index (χ1) is 8.00. The van der Waals surface area contributed by atoms with E-state index in [0.717, 1.165) is 6.26 Å². The van der Waals surface area contributed by atoms with Gasteiger partial charge in [-0.3, -0.25) is 9.59 Å². The molecule has 0 spiro atoms. The van der Waals surface area contributed by atoms with Crippen LogP contribution in [0.2, 0.25) is 0 Å². The zero-order chi connectivity index (χ0) is 12.8. The number of rotatable bonds is 6. The minimum Gasteiger partial charge on any atom is -0.502 e. The molecule has 0 aliphatic rings. The first-order valence-electron chi connectivity index (χ1n) is 4.87. The fourth-order valence-corrected chi connectivity index (χ4v) is 1.94. The molecule has 17 heavy (non-hydrogen) atoms. The van der Waals surface area contributed by atoms with E-state index in [4.69, 9.17) is 20.4 Å². The Morgan fingerprint density at radius 3 is 2.88 bits per heavy atom. The first kappa shape index (κ1) is 13.6. The van der Waals surface area contributed by atoms with Crippen LogP contribution in [0, 0.1) is 0 Å². The first-order valence-corrected chi connectivity index (χ1v) is 6.03. The summed E-state index contributed by atoms with van der Waals surface area (Å²) in [6.07, 6.45) is 1.34. The third-order valence-corrected chi connectivity index (χ3v) is 3.01. The average Bonchev–Trinajstić information content (AvgIpc) is 2.28. The van der Waals surface area contributed by atoms with E-state index >= 15 is 0 Å². The van der Waals surface area contributed by atoms with Crippen LogP contribution >= 0.6 is 11.8 Å². The van der Waals surface area contributed by atoms with E-state index in [-0.39, 0.29) is 0 Å². The molecule has 0 amide bonds. The largest absolute Gasteiger partial charge is 0.502 e. The van der Waals surface area contributed by atoms with Gasteiger partial charge in [0.25, 0.3) is 0 Å². The van der Waals surface area contributed by atoms with Gasteiger partial charge in [0.05, 0.1) is 5.75 Å². The van der Waals surface area contributed by atoms with Gasteiger partial charge in [-0.05, 0) is 12.2 Å². The van der Waals surface area contributed by atoms with Gasteiger partial charge in [-0.2, -0.15) is 11.8 Å². The summed E-state index contributed by atoms with van der Waals surface area (Å²) in [5.41, 5.74) is 4.83. The van der Waals surface area contributed by atoms with Gasteiger partial charge in [0.1, 0.15) is 18.1 Å². The van der Waals surface area contributed by atoms with Crippen LogP contribution in [0.3, 0.4) is 0 Å². The van der Waals surface area contributed by atoms with Crippen LogP contribution in [0.5, 0.6) is 5.75 Å². The van der Waals surface area contributed by atoms with Crippen LogP contribution < -0.4 is 11.2 Å². The zero-order valence-electron chi connectivity index (χ0n) is 8.96. The Morgan fingerprint density at radius 2 is 2.29 bits per heavy atom. The SMILES string of the molecule is NC(CCSCc1cc(=O)c(O)co1)C(=O)O. The molecule has 7 heteroatoms. The van der Waals surface area contributed by atoms with Crippen LogP contribution in [-0.2, 0) is 10.5 Å². The average molecular weight is 259 g/mol. The van der Waals surface area contributed by atoms with E-state index in [1.54, 1.807) is 0 Å². The maximum absolute atomic E-state index is 11.1. The Bertz CT molecular complexity index is 445. The lowest BCUT2D eigenvalue weighted by Crippen LogP contribution is -2.30. The van der Waals surface area contributed by atoms with Gasteiger partial charge < -0.3 is 20.4 Å². The molecule has 1 aromatic heterocycles. The molecule has 1 rings (SSSR count). The van der Waals surface area contributed by atoms with Gasteiger partial charge in [-0.1, -0.05) is 0 Å². The van der Waals surface area contributed by atoms with Crippen molar-refractivity contribution in [1.82, 2.24) is 0 Å². The Balaban J connectivity index is 2.34. The maximum Gasteiger partial charge on any atom is 0.320 e. The summed E-state index contributed by atoms with van der Waals surface area (Å²) in [7, 11) is 0. The van der Waals surface area contributed by atoms with Crippen LogP contribution in [0.15, 0.2) is 21.5 Å². The summed E-state index contributed by atoms with van der Waals surface area (Å²) in [5, 5.41) is 17.5. The summed E-state index contributed by atoms with van der Waals surface area (Å²) in [5.74, 6) is -0.0324. The van der Waals surface area contributed by atoms with Gasteiger partial charge in [0.15, 0.2) is 5.75 Å². The molecule has 0 radical (unpaired) electrons. The third-order valence-electron chi connectivity index (χ3n) is 2.00. The van der Waals surface area contributed by atoms with Crippen LogP contribution in [0.25, 0.3) is 0 Å². The number of aromatic hydroxyl groups is 1. The van der Waals surface area contributed by atoms with E-state index in [1.165, 1.54) is 17.8 Å². The Hall–Kier alpha value is -1.47. The second kappa shape index (κ2) is 6.31. The summed E-state index contributed by atoms with van der Waals surface area (Å²) in [4.78, 5) is 21.5. The Labute approximate surface area is 101 Å². The highest BCUT2D eigenvalue weighted by molar-refractivity contribution is 7.98. The van der Waals surface area contributed by atoms with Gasteiger partial charge in [-0.15, -0.1) is 0 Å². The summed E-state index contributed by atoms with van der Waals surface area (Å²) in [6, 6.07) is 0.341. The predicted octanol–water partition coefficient (Wildman–Crippen LogP) is 0.381. The van der Waals surface area contributed by atoms with E-state index in [2.05, 4.69) is 0 Å². The molecule has 0 saturated heterocycles. The van der Waals surface area contributed by atoms with Crippen molar-refractivity contribution in [2.24, 2.45) is 5.73 Å². The van der Waals surface area contributed by atoms with E-state index in [1.807, 2.05) is 0 Å². The Kier molecular flexibility index (Phi) is 5.05. The lowest BCUT2D eigenvalue weighted by Gasteiger charge is -2.05. The highest BCUT2D eigenvalue weighted by atomic mass is 32.2. The molecule has 1 heterocycles. The standard InChI is InChI=1S/C10H13NO5S/c11-7(10(14)15)1-2-17-5-6-3-8(12)9(13)4-16-6/h3-4,7,13H,1-2,5,11H2,(H,14,15). The zero-order valence-corrected chi connectivity index (χ0v) is 9.77. The lowest BCUT2D eigenvalue weighted by atomic mass is 10.2. The number of aliphatic carboxylic acids is 1. The molecule has 4 N–H and O–H groups in total. The molecule has 6 nitrogen and oxygen atoms in total. The molecule has 0 aromatic carbocycles. The van der Waals surface area contributed by atoms with E-state index < -0.39 is 23.2 Å². The minimum absolute atomic E-state index is 0.350. The molecule has 1 aromatic rings. The van der Waals surface area contributed by atoms with Gasteiger partial charge >= 0.3 is 5.97 Å². The molecular weight excluding hydrogens is 246 g/mol. The molecule has 0 saturated carbocycles. The quantitative estimate of drug-likeness (QED) is 0.633. The van der Waals surface area contributed by atoms with Gasteiger partial charge in [0, 0.05) is 6.07 Å². The molecule has 1 unspecified atom stereocenters. The van der Waals surface area contributed by atoms with Crippen molar-refractivity contribution in [1.29, 1.82) is 0 Å². The van der Waals surface area contributed by atoms with E-state index in [9.17, 15) is 9.59 Å². The van der Waals surface area contributed by atoms with Crippen molar-refractivity contribution in [2.75, 3.05) is 5.75 Å². The monoisotopic (exact) mass is 259 g/mol. The fraction of sp³-hybridized carbons (Fsp3) is 0.400. The highest BCUT2D eigenvalue weighted by Gasteiger charge is 2.10. The Morgan fingerprint density at radius 1 is 1.59 bits per heavy atom. The maximum atomic E-state index is 11.1. The molecule has 0 fully saturated rings. The van der Waals surface area contributed by atoms with Crippen molar-refractivity contribution in [2.45, 2.75) is 18.2 Å². The minimum atomic E-state index is -1.03. The molecule has 94 valence electrons. The highest BCUT2D eigenvalue weighted by Crippen LogP contribution is 2.13. The number of carboxylic acids is 1. The number of hydrogen-bond donors (Lipinski definition) is 3. The van der Waals surface area contributed by atoms with Crippen LogP contribution in [0.4, 0.5) is 0 Å². The number of thioether (sulfide) groups is 1. The van der Waals surface area contributed by atoms with Gasteiger partial charge in [0.2, 0.25) is 5.43 Å². The smallest absolute Gasteiger partial charge is 0.320 e. The molecule has 0 aliphatic carbocycles. The van der Waals surface area contributed by atoms with E-state index in [0.29, 0.717) is 23.7 Å². The van der Waals surface area contributed by atoms with Gasteiger partial charge in [-0.25, -0.2) is 0 Å². The van der Waals surface area contributed by atoms with Crippen LogP contribution in [0.1, 0.15) is 12.2 Å². The summed E-state index contributed by atoms with van der Waals surface area (Å²) < 4.78 is 4.97. The second-order valence-corrected chi connectivity index (χ2v) is 4.49. The normalized spacial score (nSPS) is 12.3. The summed E-state index contributed by atoms with van der Waals surface area (Å²) >= 11 is 1.41. The third kappa shape index (κ3) is 4.49. The van der Waals surface area contributed by atoms with Crippen molar-refractivity contribution >= 4 is 17.7 Å². The number of nitrogens with two attached hydrogens (primary N) is 1. The molecular formula is C10H13NO5S. The molecule has 1 atom stereocenters. The summed E-state index contributed by atoms with van der Waals surface area (Å²) in [6.45, 7) is 0.